The van der Waals surface area contributed by atoms with Gasteiger partial charge in [0.05, 0.1) is 0 Å². The molecule has 0 aromatic heterocycles. The molecule has 1 fully saturated rings. The van der Waals surface area contributed by atoms with E-state index in [1.54, 1.807) is 14.1 Å². The smallest absolute Gasteiger partial charge is 0.347 e. The van der Waals surface area contributed by atoms with E-state index in [1.165, 1.54) is 5.06 Å². The summed E-state index contributed by atoms with van der Waals surface area (Å²) in [6.45, 7) is 0. The Morgan fingerprint density at radius 1 is 1.67 bits per heavy atom. The van der Waals surface area contributed by atoms with Crippen molar-refractivity contribution in [1.82, 2.24) is 10.4 Å². The molecule has 1 atom stereocenters. The molecule has 0 radical (unpaired) electrons. The first-order chi connectivity index (χ1) is 5.59. The van der Waals surface area contributed by atoms with E-state index in [2.05, 4.69) is 5.32 Å². The topological polar surface area (TPSA) is 58.6 Å². The first kappa shape index (κ1) is 8.99. The number of amides is 1. The third kappa shape index (κ3) is 2.20. The molecule has 0 aromatic carbocycles. The maximum Gasteiger partial charge on any atom is 0.347 e. The van der Waals surface area contributed by atoms with Gasteiger partial charge >= 0.3 is 5.97 Å². The Morgan fingerprint density at radius 2 is 2.33 bits per heavy atom. The zero-order valence-corrected chi connectivity index (χ0v) is 7.16. The van der Waals surface area contributed by atoms with Gasteiger partial charge in [-0.05, 0) is 6.42 Å². The summed E-state index contributed by atoms with van der Waals surface area (Å²) in [5.41, 5.74) is 0. The van der Waals surface area contributed by atoms with Crippen LogP contribution in [0.4, 0.5) is 0 Å². The number of hydrogen-bond donors (Lipinski definition) is 1. The Kier molecular flexibility index (Phi) is 2.65. The molecule has 0 aliphatic carbocycles. The van der Waals surface area contributed by atoms with Gasteiger partial charge in [-0.1, -0.05) is 0 Å². The molecule has 1 aliphatic rings. The van der Waals surface area contributed by atoms with Crippen molar-refractivity contribution in [1.29, 1.82) is 0 Å². The molecule has 68 valence electrons. The monoisotopic (exact) mass is 172 g/mol. The molecule has 5 heteroatoms. The van der Waals surface area contributed by atoms with Crippen molar-refractivity contribution in [2.75, 3.05) is 14.1 Å². The Hall–Kier alpha value is -1.10. The van der Waals surface area contributed by atoms with Crippen LogP contribution in [0.25, 0.3) is 0 Å². The predicted molar refractivity (Wildman–Crippen MR) is 40.9 cm³/mol. The van der Waals surface area contributed by atoms with Crippen LogP contribution in [0.15, 0.2) is 0 Å². The molecule has 0 bridgehead atoms. The molecule has 1 amide bonds. The van der Waals surface area contributed by atoms with Gasteiger partial charge in [0.25, 0.3) is 0 Å². The molecule has 0 spiro atoms. The van der Waals surface area contributed by atoms with Gasteiger partial charge in [-0.25, -0.2) is 4.79 Å². The SMILES string of the molecule is CN(C)OC(=O)C1CCC(=O)N1. The lowest BCUT2D eigenvalue weighted by Gasteiger charge is -2.13. The second kappa shape index (κ2) is 3.53. The van der Waals surface area contributed by atoms with Gasteiger partial charge < -0.3 is 10.2 Å². The van der Waals surface area contributed by atoms with Crippen LogP contribution < -0.4 is 5.32 Å². The molecule has 1 heterocycles. The van der Waals surface area contributed by atoms with Gasteiger partial charge in [-0.15, -0.1) is 5.06 Å². The summed E-state index contributed by atoms with van der Waals surface area (Å²) in [5, 5.41) is 3.83. The van der Waals surface area contributed by atoms with E-state index in [9.17, 15) is 9.59 Å². The number of rotatable bonds is 2. The van der Waals surface area contributed by atoms with Crippen LogP contribution in [0.1, 0.15) is 12.8 Å². The molecule has 1 unspecified atom stereocenters. The Balaban J connectivity index is 2.38. The van der Waals surface area contributed by atoms with Crippen molar-refractivity contribution in [2.45, 2.75) is 18.9 Å². The van der Waals surface area contributed by atoms with Crippen LogP contribution in [0.2, 0.25) is 0 Å². The number of hydroxylamine groups is 2. The van der Waals surface area contributed by atoms with E-state index in [-0.39, 0.29) is 5.91 Å². The molecular formula is C7H12N2O3. The average molecular weight is 172 g/mol. The van der Waals surface area contributed by atoms with Crippen LogP contribution in [0, 0.1) is 0 Å². The minimum atomic E-state index is -0.458. The molecule has 0 saturated carbocycles. The van der Waals surface area contributed by atoms with E-state index in [0.717, 1.165) is 0 Å². The van der Waals surface area contributed by atoms with Crippen LogP contribution >= 0.6 is 0 Å². The fourth-order valence-corrected chi connectivity index (χ4v) is 1.03. The Labute approximate surface area is 70.6 Å². The van der Waals surface area contributed by atoms with Crippen molar-refractivity contribution < 1.29 is 14.4 Å². The normalized spacial score (nSPS) is 22.6. The maximum atomic E-state index is 11.1. The standard InChI is InChI=1S/C7H12N2O3/c1-9(2)12-7(11)5-3-4-6(10)8-5/h5H,3-4H2,1-2H3,(H,8,10). The van der Waals surface area contributed by atoms with Crippen molar-refractivity contribution >= 4 is 11.9 Å². The van der Waals surface area contributed by atoms with Gasteiger partial charge in [0.1, 0.15) is 6.04 Å². The van der Waals surface area contributed by atoms with Crippen LogP contribution in [0.5, 0.6) is 0 Å². The number of carbonyl (C=O) groups is 2. The number of hydrogen-bond acceptors (Lipinski definition) is 4. The lowest BCUT2D eigenvalue weighted by Crippen LogP contribution is -2.37. The van der Waals surface area contributed by atoms with Crippen molar-refractivity contribution in [3.05, 3.63) is 0 Å². The van der Waals surface area contributed by atoms with Gasteiger partial charge in [0.15, 0.2) is 0 Å². The van der Waals surface area contributed by atoms with E-state index in [4.69, 9.17) is 4.84 Å². The highest BCUT2D eigenvalue weighted by Gasteiger charge is 2.28. The summed E-state index contributed by atoms with van der Waals surface area (Å²) >= 11 is 0. The summed E-state index contributed by atoms with van der Waals surface area (Å²) in [4.78, 5) is 26.6. The summed E-state index contributed by atoms with van der Waals surface area (Å²) < 4.78 is 0. The maximum absolute atomic E-state index is 11.1. The van der Waals surface area contributed by atoms with Crippen molar-refractivity contribution in [3.8, 4) is 0 Å². The van der Waals surface area contributed by atoms with E-state index >= 15 is 0 Å². The van der Waals surface area contributed by atoms with Crippen LogP contribution in [-0.4, -0.2) is 37.1 Å². The molecule has 1 saturated heterocycles. The Morgan fingerprint density at radius 3 is 2.75 bits per heavy atom. The highest BCUT2D eigenvalue weighted by Crippen LogP contribution is 2.07. The highest BCUT2D eigenvalue weighted by molar-refractivity contribution is 5.87. The van der Waals surface area contributed by atoms with E-state index in [0.29, 0.717) is 12.8 Å². The largest absolute Gasteiger partial charge is 0.367 e. The quantitative estimate of drug-likeness (QED) is 0.559. The van der Waals surface area contributed by atoms with Gasteiger partial charge in [-0.3, -0.25) is 4.79 Å². The van der Waals surface area contributed by atoms with Gasteiger partial charge in [-0.2, -0.15) is 0 Å². The first-order valence-electron chi connectivity index (χ1n) is 3.78. The second-order valence-electron chi connectivity index (χ2n) is 2.88. The van der Waals surface area contributed by atoms with E-state index in [1.807, 2.05) is 0 Å². The first-order valence-corrected chi connectivity index (χ1v) is 3.78. The number of carbonyl (C=O) groups excluding carboxylic acids is 2. The molecule has 1 N–H and O–H groups in total. The fourth-order valence-electron chi connectivity index (χ4n) is 1.03. The fraction of sp³-hybridized carbons (Fsp3) is 0.714. The molecule has 1 aliphatic heterocycles. The molecular weight excluding hydrogens is 160 g/mol. The lowest BCUT2D eigenvalue weighted by molar-refractivity contribution is -0.180. The minimum Gasteiger partial charge on any atom is -0.367 e. The minimum absolute atomic E-state index is 0.0873. The lowest BCUT2D eigenvalue weighted by atomic mass is 10.2. The average Bonchev–Trinajstić information content (AvgIpc) is 2.34. The molecule has 0 aromatic rings. The van der Waals surface area contributed by atoms with Crippen LogP contribution in [-0.2, 0) is 14.4 Å². The second-order valence-corrected chi connectivity index (χ2v) is 2.88. The van der Waals surface area contributed by atoms with Crippen molar-refractivity contribution in [3.63, 3.8) is 0 Å². The molecule has 1 rings (SSSR count). The summed E-state index contributed by atoms with van der Waals surface area (Å²) in [7, 11) is 3.24. The number of nitrogens with one attached hydrogen (secondary N) is 1. The van der Waals surface area contributed by atoms with Crippen molar-refractivity contribution in [2.24, 2.45) is 0 Å². The van der Waals surface area contributed by atoms with Gasteiger partial charge in [0.2, 0.25) is 5.91 Å². The predicted octanol–water partition coefficient (Wildman–Crippen LogP) is -0.715. The van der Waals surface area contributed by atoms with Gasteiger partial charge in [0, 0.05) is 20.5 Å². The summed E-state index contributed by atoms with van der Waals surface area (Å²) in [6, 6.07) is -0.458. The zero-order chi connectivity index (χ0) is 9.14. The zero-order valence-electron chi connectivity index (χ0n) is 7.16. The number of nitrogens with zero attached hydrogens (tertiary/aromatic N) is 1. The molecule has 5 nitrogen and oxygen atoms in total. The third-order valence-corrected chi connectivity index (χ3v) is 1.55. The molecule has 12 heavy (non-hydrogen) atoms. The summed E-state index contributed by atoms with van der Waals surface area (Å²) in [5.74, 6) is -0.485. The highest BCUT2D eigenvalue weighted by atomic mass is 16.7. The summed E-state index contributed by atoms with van der Waals surface area (Å²) in [6.07, 6.45) is 0.943. The van der Waals surface area contributed by atoms with E-state index < -0.39 is 12.0 Å². The Bertz CT molecular complexity index is 203. The van der Waals surface area contributed by atoms with Crippen LogP contribution in [0.3, 0.4) is 0 Å². The third-order valence-electron chi connectivity index (χ3n) is 1.55.